The van der Waals surface area contributed by atoms with Crippen LogP contribution in [0.1, 0.15) is 35.2 Å². The number of carbonyl (C=O) groups is 1. The Kier molecular flexibility index (Phi) is 5.58. The highest BCUT2D eigenvalue weighted by atomic mass is 16.5. The molecule has 7 heteroatoms. The summed E-state index contributed by atoms with van der Waals surface area (Å²) in [6, 6.07) is 9.75. The summed E-state index contributed by atoms with van der Waals surface area (Å²) in [5, 5.41) is 6.87. The minimum atomic E-state index is -0.243. The van der Waals surface area contributed by atoms with E-state index >= 15 is 0 Å². The number of amides is 1. The van der Waals surface area contributed by atoms with E-state index in [0.29, 0.717) is 18.2 Å². The van der Waals surface area contributed by atoms with E-state index in [0.717, 1.165) is 23.2 Å². The van der Waals surface area contributed by atoms with Crippen LogP contribution in [0.25, 0.3) is 11.3 Å². The summed E-state index contributed by atoms with van der Waals surface area (Å²) in [5.74, 6) is 0.774. The highest BCUT2D eigenvalue weighted by molar-refractivity contribution is 5.91. The molecule has 1 N–H and O–H groups in total. The third kappa shape index (κ3) is 4.05. The molecule has 3 aromatic rings. The van der Waals surface area contributed by atoms with Gasteiger partial charge in [0, 0.05) is 12.1 Å². The lowest BCUT2D eigenvalue weighted by Crippen LogP contribution is -2.25. The smallest absolute Gasteiger partial charge is 0.271 e. The molecule has 1 aromatic carbocycles. The minimum Gasteiger partial charge on any atom is -0.471 e. The van der Waals surface area contributed by atoms with Crippen LogP contribution in [0, 0.1) is 6.92 Å². The maximum atomic E-state index is 11.8. The van der Waals surface area contributed by atoms with E-state index in [2.05, 4.69) is 20.4 Å². The molecule has 0 aliphatic carbocycles. The molecule has 0 saturated heterocycles. The van der Waals surface area contributed by atoms with Crippen molar-refractivity contribution in [3.05, 3.63) is 59.7 Å². The van der Waals surface area contributed by atoms with Crippen LogP contribution in [-0.2, 0) is 6.61 Å². The van der Waals surface area contributed by atoms with Crippen LogP contribution in [0.5, 0.6) is 5.88 Å². The molecule has 134 valence electrons. The first kappa shape index (κ1) is 17.6. The van der Waals surface area contributed by atoms with E-state index in [1.165, 1.54) is 12.4 Å². The molecule has 0 radical (unpaired) electrons. The lowest BCUT2D eigenvalue weighted by molar-refractivity contribution is 0.0948. The van der Waals surface area contributed by atoms with Gasteiger partial charge in [0.15, 0.2) is 0 Å². The van der Waals surface area contributed by atoms with Gasteiger partial charge in [0.1, 0.15) is 23.8 Å². The van der Waals surface area contributed by atoms with E-state index in [9.17, 15) is 4.79 Å². The fraction of sp³-hybridized carbons (Fsp3) is 0.263. The van der Waals surface area contributed by atoms with Crippen molar-refractivity contribution in [3.8, 4) is 17.1 Å². The highest BCUT2D eigenvalue weighted by Gasteiger charge is 2.16. The van der Waals surface area contributed by atoms with Crippen LogP contribution in [0.3, 0.4) is 0 Å². The maximum Gasteiger partial charge on any atom is 0.271 e. The summed E-state index contributed by atoms with van der Waals surface area (Å²) in [6.45, 7) is 4.67. The fourth-order valence-corrected chi connectivity index (χ4v) is 2.37. The molecular weight excluding hydrogens is 332 g/mol. The molecule has 2 heterocycles. The number of carbonyl (C=O) groups excluding carboxylic acids is 1. The van der Waals surface area contributed by atoms with Crippen molar-refractivity contribution in [2.45, 2.75) is 26.9 Å². The van der Waals surface area contributed by atoms with Crippen molar-refractivity contribution in [1.29, 1.82) is 0 Å². The first-order valence-electron chi connectivity index (χ1n) is 8.42. The summed E-state index contributed by atoms with van der Waals surface area (Å²) in [5.41, 5.74) is 2.81. The quantitative estimate of drug-likeness (QED) is 0.702. The third-order valence-electron chi connectivity index (χ3n) is 3.79. The molecule has 26 heavy (non-hydrogen) atoms. The Labute approximate surface area is 151 Å². The lowest BCUT2D eigenvalue weighted by Gasteiger charge is -2.07. The normalized spacial score (nSPS) is 10.5. The Morgan fingerprint density at radius 3 is 2.69 bits per heavy atom. The Morgan fingerprint density at radius 2 is 2.00 bits per heavy atom. The van der Waals surface area contributed by atoms with E-state index < -0.39 is 0 Å². The lowest BCUT2D eigenvalue weighted by atomic mass is 10.1. The second kappa shape index (κ2) is 8.24. The summed E-state index contributed by atoms with van der Waals surface area (Å²) in [6.07, 6.45) is 3.70. The number of aryl methyl sites for hydroxylation is 1. The summed E-state index contributed by atoms with van der Waals surface area (Å²) >= 11 is 0. The number of nitrogens with zero attached hydrogens (tertiary/aromatic N) is 3. The SMILES string of the molecule is CCCNC(=O)c1cnc(OCc2c(-c3ccccc3)noc2C)cn1. The molecule has 0 saturated carbocycles. The average molecular weight is 352 g/mol. The predicted molar refractivity (Wildman–Crippen MR) is 95.7 cm³/mol. The Bertz CT molecular complexity index is 860. The van der Waals surface area contributed by atoms with Crippen molar-refractivity contribution in [3.63, 3.8) is 0 Å². The fourth-order valence-electron chi connectivity index (χ4n) is 2.37. The second-order valence-corrected chi connectivity index (χ2v) is 5.72. The second-order valence-electron chi connectivity index (χ2n) is 5.72. The molecular formula is C19H20N4O3. The number of hydrogen-bond donors (Lipinski definition) is 1. The van der Waals surface area contributed by atoms with E-state index in [4.69, 9.17) is 9.26 Å². The van der Waals surface area contributed by atoms with Crippen LogP contribution >= 0.6 is 0 Å². The monoisotopic (exact) mass is 352 g/mol. The van der Waals surface area contributed by atoms with E-state index in [-0.39, 0.29) is 18.2 Å². The number of ether oxygens (including phenoxy) is 1. The van der Waals surface area contributed by atoms with Crippen LogP contribution in [0.4, 0.5) is 0 Å². The van der Waals surface area contributed by atoms with Crippen molar-refractivity contribution < 1.29 is 14.1 Å². The standard InChI is InChI=1S/C19H20N4O3/c1-3-9-20-19(24)16-10-22-17(11-21-16)25-12-15-13(2)26-23-18(15)14-7-5-4-6-8-14/h4-8,10-11H,3,9,12H2,1-2H3,(H,20,24). The zero-order chi connectivity index (χ0) is 18.4. The van der Waals surface area contributed by atoms with Crippen LogP contribution in [0.2, 0.25) is 0 Å². The van der Waals surface area contributed by atoms with Crippen LogP contribution < -0.4 is 10.1 Å². The van der Waals surface area contributed by atoms with Gasteiger partial charge in [-0.25, -0.2) is 9.97 Å². The van der Waals surface area contributed by atoms with Gasteiger partial charge in [-0.15, -0.1) is 0 Å². The number of aromatic nitrogens is 3. The van der Waals surface area contributed by atoms with Crippen LogP contribution in [0.15, 0.2) is 47.2 Å². The van der Waals surface area contributed by atoms with Gasteiger partial charge >= 0.3 is 0 Å². The zero-order valence-corrected chi connectivity index (χ0v) is 14.7. The van der Waals surface area contributed by atoms with Crippen LogP contribution in [-0.4, -0.2) is 27.6 Å². The van der Waals surface area contributed by atoms with Gasteiger partial charge < -0.3 is 14.6 Å². The average Bonchev–Trinajstić information content (AvgIpc) is 3.06. The summed E-state index contributed by atoms with van der Waals surface area (Å²) in [4.78, 5) is 20.1. The van der Waals surface area contributed by atoms with Crippen molar-refractivity contribution >= 4 is 5.91 Å². The van der Waals surface area contributed by atoms with Gasteiger partial charge in [0.2, 0.25) is 5.88 Å². The molecule has 0 atom stereocenters. The number of rotatable bonds is 7. The first-order chi connectivity index (χ1) is 12.7. The Hall–Kier alpha value is -3.22. The Balaban J connectivity index is 1.68. The molecule has 0 aliphatic heterocycles. The number of benzene rings is 1. The summed E-state index contributed by atoms with van der Waals surface area (Å²) in [7, 11) is 0. The first-order valence-corrected chi connectivity index (χ1v) is 8.42. The maximum absolute atomic E-state index is 11.8. The van der Waals surface area contributed by atoms with E-state index in [1.54, 1.807) is 0 Å². The summed E-state index contributed by atoms with van der Waals surface area (Å²) < 4.78 is 11.0. The van der Waals surface area contributed by atoms with Crippen molar-refractivity contribution in [2.75, 3.05) is 6.54 Å². The molecule has 0 bridgehead atoms. The van der Waals surface area contributed by atoms with Gasteiger partial charge in [-0.05, 0) is 13.3 Å². The van der Waals surface area contributed by atoms with Crippen molar-refractivity contribution in [2.24, 2.45) is 0 Å². The van der Waals surface area contributed by atoms with Gasteiger partial charge in [-0.3, -0.25) is 4.79 Å². The molecule has 0 aliphatic rings. The highest BCUT2D eigenvalue weighted by Crippen LogP contribution is 2.25. The van der Waals surface area contributed by atoms with Gasteiger partial charge in [0.05, 0.1) is 18.0 Å². The molecule has 1 amide bonds. The van der Waals surface area contributed by atoms with E-state index in [1.807, 2.05) is 44.2 Å². The molecule has 3 rings (SSSR count). The van der Waals surface area contributed by atoms with Gasteiger partial charge in [0.25, 0.3) is 5.91 Å². The molecule has 0 fully saturated rings. The topological polar surface area (TPSA) is 90.1 Å². The minimum absolute atomic E-state index is 0.243. The Morgan fingerprint density at radius 1 is 1.19 bits per heavy atom. The van der Waals surface area contributed by atoms with Crippen molar-refractivity contribution in [1.82, 2.24) is 20.4 Å². The van der Waals surface area contributed by atoms with Gasteiger partial charge in [-0.1, -0.05) is 42.4 Å². The molecule has 0 unspecified atom stereocenters. The molecule has 7 nitrogen and oxygen atoms in total. The van der Waals surface area contributed by atoms with Gasteiger partial charge in [-0.2, -0.15) is 0 Å². The largest absolute Gasteiger partial charge is 0.471 e. The molecule has 2 aromatic heterocycles. The number of hydrogen-bond acceptors (Lipinski definition) is 6. The zero-order valence-electron chi connectivity index (χ0n) is 14.7. The third-order valence-corrected chi connectivity index (χ3v) is 3.79. The molecule has 0 spiro atoms. The number of nitrogens with one attached hydrogen (secondary N) is 1. The predicted octanol–water partition coefficient (Wildman–Crippen LogP) is 3.16.